The van der Waals surface area contributed by atoms with Gasteiger partial charge in [0.15, 0.2) is 11.5 Å². The molecule has 6 heteroatoms. The van der Waals surface area contributed by atoms with Crippen LogP contribution in [0.2, 0.25) is 0 Å². The van der Waals surface area contributed by atoms with E-state index in [1.807, 2.05) is 44.2 Å². The zero-order valence-electron chi connectivity index (χ0n) is 16.2. The Kier molecular flexibility index (Phi) is 4.29. The van der Waals surface area contributed by atoms with E-state index in [9.17, 15) is 14.7 Å². The first-order valence-corrected chi connectivity index (χ1v) is 9.26. The van der Waals surface area contributed by atoms with Crippen molar-refractivity contribution in [3.8, 4) is 11.5 Å². The minimum absolute atomic E-state index is 0.0109. The number of fused-ring (bicyclic) bond motifs is 3. The average Bonchev–Trinajstić information content (AvgIpc) is 3.07. The molecule has 1 fully saturated rings. The second kappa shape index (κ2) is 6.55. The van der Waals surface area contributed by atoms with Crippen molar-refractivity contribution in [2.24, 2.45) is 5.41 Å². The van der Waals surface area contributed by atoms with Crippen molar-refractivity contribution in [1.29, 1.82) is 0 Å². The first-order chi connectivity index (χ1) is 13.4. The lowest BCUT2D eigenvalue weighted by molar-refractivity contribution is -0.151. The van der Waals surface area contributed by atoms with Crippen LogP contribution in [0, 0.1) is 19.3 Å². The molecule has 1 saturated heterocycles. The molecule has 1 N–H and O–H groups in total. The Labute approximate surface area is 163 Å². The van der Waals surface area contributed by atoms with Gasteiger partial charge in [0.05, 0.1) is 7.11 Å². The summed E-state index contributed by atoms with van der Waals surface area (Å²) in [5.41, 5.74) is 2.22. The molecule has 0 radical (unpaired) electrons. The Morgan fingerprint density at radius 3 is 2.57 bits per heavy atom. The summed E-state index contributed by atoms with van der Waals surface area (Å²) in [5, 5.41) is 10.1. The summed E-state index contributed by atoms with van der Waals surface area (Å²) in [5.74, 6) is -0.283. The standard InChI is InChI=1S/C22H23NO5/c1-13-7-14(2)9-15(8-13)20(24)23-10-17-16-5-4-6-18(27-3)19(16)28-12-22(17,11-23)21(25)26/h4-9,17H,10-12H2,1-3H3,(H,25,26)/t17-,22-/m0/s1. The molecule has 0 bridgehead atoms. The summed E-state index contributed by atoms with van der Waals surface area (Å²) >= 11 is 0. The zero-order valence-corrected chi connectivity index (χ0v) is 16.2. The number of hydrogen-bond donors (Lipinski definition) is 1. The molecule has 2 aliphatic rings. The maximum Gasteiger partial charge on any atom is 0.315 e. The molecule has 0 unspecified atom stereocenters. The smallest absolute Gasteiger partial charge is 0.315 e. The molecule has 2 atom stereocenters. The molecule has 0 spiro atoms. The fourth-order valence-corrected chi connectivity index (χ4v) is 4.49. The molecule has 0 aromatic heterocycles. The predicted octanol–water partition coefficient (Wildman–Crippen LogP) is 3.02. The number of carbonyl (C=O) groups is 2. The summed E-state index contributed by atoms with van der Waals surface area (Å²) in [7, 11) is 1.56. The van der Waals surface area contributed by atoms with Gasteiger partial charge in [-0.1, -0.05) is 29.3 Å². The lowest BCUT2D eigenvalue weighted by Crippen LogP contribution is -2.46. The van der Waals surface area contributed by atoms with E-state index in [0.717, 1.165) is 16.7 Å². The second-order valence-electron chi connectivity index (χ2n) is 7.74. The van der Waals surface area contributed by atoms with Gasteiger partial charge >= 0.3 is 5.97 Å². The monoisotopic (exact) mass is 381 g/mol. The summed E-state index contributed by atoms with van der Waals surface area (Å²) in [6.07, 6.45) is 0. The van der Waals surface area contributed by atoms with Gasteiger partial charge in [-0.2, -0.15) is 0 Å². The van der Waals surface area contributed by atoms with E-state index in [4.69, 9.17) is 9.47 Å². The lowest BCUT2D eigenvalue weighted by Gasteiger charge is -2.36. The van der Waals surface area contributed by atoms with E-state index in [1.54, 1.807) is 18.1 Å². The molecule has 0 saturated carbocycles. The van der Waals surface area contributed by atoms with Crippen molar-refractivity contribution >= 4 is 11.9 Å². The Morgan fingerprint density at radius 1 is 1.21 bits per heavy atom. The van der Waals surface area contributed by atoms with Gasteiger partial charge in [-0.25, -0.2) is 0 Å². The quantitative estimate of drug-likeness (QED) is 0.885. The van der Waals surface area contributed by atoms with E-state index in [1.165, 1.54) is 0 Å². The fourth-order valence-electron chi connectivity index (χ4n) is 4.49. The second-order valence-corrected chi connectivity index (χ2v) is 7.74. The third-order valence-corrected chi connectivity index (χ3v) is 5.80. The Morgan fingerprint density at radius 2 is 1.93 bits per heavy atom. The van der Waals surface area contributed by atoms with Crippen LogP contribution < -0.4 is 9.47 Å². The number of ether oxygens (including phenoxy) is 2. The molecule has 6 nitrogen and oxygen atoms in total. The molecule has 1 amide bonds. The minimum Gasteiger partial charge on any atom is -0.493 e. The van der Waals surface area contributed by atoms with Crippen LogP contribution in [0.25, 0.3) is 0 Å². The van der Waals surface area contributed by atoms with Crippen LogP contribution in [0.3, 0.4) is 0 Å². The van der Waals surface area contributed by atoms with Gasteiger partial charge < -0.3 is 19.5 Å². The van der Waals surface area contributed by atoms with Crippen molar-refractivity contribution in [3.63, 3.8) is 0 Å². The number of benzene rings is 2. The summed E-state index contributed by atoms with van der Waals surface area (Å²) < 4.78 is 11.2. The summed E-state index contributed by atoms with van der Waals surface area (Å²) in [6, 6.07) is 11.2. The highest BCUT2D eigenvalue weighted by Crippen LogP contribution is 2.52. The highest BCUT2D eigenvalue weighted by atomic mass is 16.5. The molecule has 28 heavy (non-hydrogen) atoms. The summed E-state index contributed by atoms with van der Waals surface area (Å²) in [6.45, 7) is 4.36. The van der Waals surface area contributed by atoms with E-state index in [2.05, 4.69) is 0 Å². The number of likely N-dealkylation sites (tertiary alicyclic amines) is 1. The van der Waals surface area contributed by atoms with E-state index in [-0.39, 0.29) is 25.0 Å². The van der Waals surface area contributed by atoms with Crippen LogP contribution in [0.4, 0.5) is 0 Å². The normalized spacial score (nSPS) is 22.8. The van der Waals surface area contributed by atoms with Crippen molar-refractivity contribution in [2.45, 2.75) is 19.8 Å². The van der Waals surface area contributed by atoms with Gasteiger partial charge in [0.1, 0.15) is 12.0 Å². The number of amides is 1. The number of methoxy groups -OCH3 is 1. The number of carbonyl (C=O) groups excluding carboxylic acids is 1. The topological polar surface area (TPSA) is 76.1 Å². The van der Waals surface area contributed by atoms with E-state index in [0.29, 0.717) is 23.6 Å². The number of hydrogen-bond acceptors (Lipinski definition) is 4. The number of para-hydroxylation sites is 1. The first-order valence-electron chi connectivity index (χ1n) is 9.26. The van der Waals surface area contributed by atoms with E-state index < -0.39 is 11.4 Å². The van der Waals surface area contributed by atoms with Crippen LogP contribution in [-0.2, 0) is 4.79 Å². The van der Waals surface area contributed by atoms with Crippen LogP contribution in [0.1, 0.15) is 33.0 Å². The van der Waals surface area contributed by atoms with Crippen LogP contribution in [0.15, 0.2) is 36.4 Å². The highest BCUT2D eigenvalue weighted by molar-refractivity contribution is 5.96. The zero-order chi connectivity index (χ0) is 20.1. The van der Waals surface area contributed by atoms with Crippen LogP contribution in [-0.4, -0.2) is 48.7 Å². The maximum absolute atomic E-state index is 13.2. The molecule has 4 rings (SSSR count). The third-order valence-electron chi connectivity index (χ3n) is 5.80. The molecule has 2 aliphatic heterocycles. The minimum atomic E-state index is -1.16. The lowest BCUT2D eigenvalue weighted by atomic mass is 9.73. The molecular formula is C22H23NO5. The van der Waals surface area contributed by atoms with Gasteiger partial charge in [-0.15, -0.1) is 0 Å². The van der Waals surface area contributed by atoms with Crippen LogP contribution in [0.5, 0.6) is 11.5 Å². The van der Waals surface area contributed by atoms with Gasteiger partial charge in [0.25, 0.3) is 5.91 Å². The van der Waals surface area contributed by atoms with Crippen molar-refractivity contribution < 1.29 is 24.2 Å². The molecule has 2 aromatic carbocycles. The van der Waals surface area contributed by atoms with Gasteiger partial charge in [-0.3, -0.25) is 9.59 Å². The first kappa shape index (κ1) is 18.3. The van der Waals surface area contributed by atoms with Gasteiger partial charge in [0.2, 0.25) is 0 Å². The van der Waals surface area contributed by atoms with Crippen molar-refractivity contribution in [1.82, 2.24) is 4.90 Å². The molecule has 2 heterocycles. The Balaban J connectivity index is 1.74. The number of aliphatic carboxylic acids is 1. The fraction of sp³-hybridized carbons (Fsp3) is 0.364. The number of rotatable bonds is 3. The van der Waals surface area contributed by atoms with Gasteiger partial charge in [0, 0.05) is 30.1 Å². The number of carboxylic acids is 1. The average molecular weight is 381 g/mol. The van der Waals surface area contributed by atoms with E-state index >= 15 is 0 Å². The largest absolute Gasteiger partial charge is 0.493 e. The number of carboxylic acid groups (broad SMARTS) is 1. The maximum atomic E-state index is 13.2. The van der Waals surface area contributed by atoms with Gasteiger partial charge in [-0.05, 0) is 32.0 Å². The summed E-state index contributed by atoms with van der Waals surface area (Å²) in [4.78, 5) is 27.1. The number of aryl methyl sites for hydroxylation is 2. The molecule has 146 valence electrons. The van der Waals surface area contributed by atoms with Crippen molar-refractivity contribution in [3.05, 3.63) is 58.7 Å². The Hall–Kier alpha value is -3.02. The molecular weight excluding hydrogens is 358 g/mol. The SMILES string of the molecule is COc1cccc2c1OC[C@@]1(C(=O)O)CN(C(=O)c3cc(C)cc(C)c3)C[C@@H]21. The highest BCUT2D eigenvalue weighted by Gasteiger charge is 2.58. The predicted molar refractivity (Wildman–Crippen MR) is 103 cm³/mol. The third kappa shape index (κ3) is 2.71. The number of nitrogens with zero attached hydrogens (tertiary/aromatic N) is 1. The molecule has 2 aromatic rings. The van der Waals surface area contributed by atoms with Crippen LogP contribution >= 0.6 is 0 Å². The molecule has 0 aliphatic carbocycles. The Bertz CT molecular complexity index is 949. The van der Waals surface area contributed by atoms with Crippen molar-refractivity contribution in [2.75, 3.05) is 26.8 Å².